The van der Waals surface area contributed by atoms with Crippen LogP contribution in [0.15, 0.2) is 42.6 Å². The second-order valence-electron chi connectivity index (χ2n) is 6.88. The molecule has 0 spiro atoms. The Morgan fingerprint density at radius 2 is 2.00 bits per heavy atom. The molecule has 0 aliphatic carbocycles. The summed E-state index contributed by atoms with van der Waals surface area (Å²) in [5.41, 5.74) is 0.121. The Hall–Kier alpha value is -2.32. The van der Waals surface area contributed by atoms with Gasteiger partial charge in [-0.05, 0) is 36.2 Å². The van der Waals surface area contributed by atoms with Crippen molar-refractivity contribution in [1.82, 2.24) is 9.88 Å². The van der Waals surface area contributed by atoms with Gasteiger partial charge in [-0.3, -0.25) is 4.90 Å². The molecule has 1 atom stereocenters. The number of halogens is 3. The average Bonchev–Trinajstić information content (AvgIpc) is 3.16. The van der Waals surface area contributed by atoms with E-state index in [1.807, 2.05) is 12.1 Å². The van der Waals surface area contributed by atoms with Gasteiger partial charge in [-0.1, -0.05) is 12.1 Å². The van der Waals surface area contributed by atoms with Crippen molar-refractivity contribution in [3.05, 3.63) is 53.7 Å². The summed E-state index contributed by atoms with van der Waals surface area (Å²) in [7, 11) is 1.67. The van der Waals surface area contributed by atoms with Gasteiger partial charge in [-0.15, -0.1) is 0 Å². The second kappa shape index (κ2) is 8.79. The molecule has 1 fully saturated rings. The number of alkyl halides is 3. The lowest BCUT2D eigenvalue weighted by molar-refractivity contribution is -0.137. The highest BCUT2D eigenvalue weighted by Gasteiger charge is 2.37. The first kappa shape index (κ1) is 20.4. The predicted molar refractivity (Wildman–Crippen MR) is 100 cm³/mol. The number of ether oxygens (including phenoxy) is 1. The number of rotatable bonds is 7. The summed E-state index contributed by atoms with van der Waals surface area (Å²) in [5.74, 6) is 0.704. The summed E-state index contributed by atoms with van der Waals surface area (Å²) in [6, 6.07) is 9.59. The molecule has 152 valence electrons. The normalized spacial score (nSPS) is 17.7. The summed E-state index contributed by atoms with van der Waals surface area (Å²) in [5, 5.41) is 9.04. The van der Waals surface area contributed by atoms with Crippen LogP contribution in [0.1, 0.15) is 17.5 Å². The zero-order chi connectivity index (χ0) is 20.1. The van der Waals surface area contributed by atoms with Crippen LogP contribution < -0.4 is 9.64 Å². The summed E-state index contributed by atoms with van der Waals surface area (Å²) in [4.78, 5) is 7.79. The third kappa shape index (κ3) is 4.94. The number of pyridine rings is 1. The van der Waals surface area contributed by atoms with Gasteiger partial charge in [0.05, 0.1) is 12.2 Å². The molecule has 1 unspecified atom stereocenters. The zero-order valence-corrected chi connectivity index (χ0v) is 15.7. The van der Waals surface area contributed by atoms with Crippen molar-refractivity contribution in [3.8, 4) is 5.75 Å². The van der Waals surface area contributed by atoms with E-state index in [2.05, 4.69) is 9.88 Å². The number of anilines is 1. The second-order valence-corrected chi connectivity index (χ2v) is 6.88. The topological polar surface area (TPSA) is 48.8 Å². The maximum atomic E-state index is 13.2. The van der Waals surface area contributed by atoms with E-state index in [4.69, 9.17) is 9.84 Å². The van der Waals surface area contributed by atoms with Crippen LogP contribution in [0.25, 0.3) is 0 Å². The minimum absolute atomic E-state index is 0.00467. The molecule has 1 aromatic heterocycles. The fourth-order valence-corrected chi connectivity index (χ4v) is 3.39. The van der Waals surface area contributed by atoms with E-state index in [-0.39, 0.29) is 18.5 Å². The number of benzene rings is 1. The van der Waals surface area contributed by atoms with Crippen LogP contribution in [0.5, 0.6) is 5.75 Å². The highest BCUT2D eigenvalue weighted by Crippen LogP contribution is 2.36. The van der Waals surface area contributed by atoms with E-state index in [1.165, 1.54) is 12.3 Å². The number of likely N-dealkylation sites (N-methyl/N-ethyl adjacent to an activating group) is 1. The lowest BCUT2D eigenvalue weighted by Crippen LogP contribution is -2.37. The van der Waals surface area contributed by atoms with Crippen molar-refractivity contribution in [3.63, 3.8) is 0 Å². The lowest BCUT2D eigenvalue weighted by atomic mass is 10.2. The van der Waals surface area contributed by atoms with Crippen LogP contribution in [0.3, 0.4) is 0 Å². The first-order chi connectivity index (χ1) is 13.4. The number of aliphatic hydroxyl groups is 1. The molecule has 0 saturated carbocycles. The maximum Gasteiger partial charge on any atom is 0.419 e. The van der Waals surface area contributed by atoms with E-state index < -0.39 is 11.7 Å². The number of aromatic nitrogens is 1. The molecule has 1 aliphatic rings. The third-order valence-corrected chi connectivity index (χ3v) is 5.00. The molecule has 0 bridgehead atoms. The van der Waals surface area contributed by atoms with E-state index in [0.29, 0.717) is 19.7 Å². The van der Waals surface area contributed by atoms with Crippen LogP contribution in [-0.4, -0.2) is 54.3 Å². The van der Waals surface area contributed by atoms with Crippen LogP contribution >= 0.6 is 0 Å². The predicted octanol–water partition coefficient (Wildman–Crippen LogP) is 3.18. The van der Waals surface area contributed by atoms with Gasteiger partial charge in [-0.2, -0.15) is 13.2 Å². The van der Waals surface area contributed by atoms with E-state index in [9.17, 15) is 13.2 Å². The maximum absolute atomic E-state index is 13.2. The van der Waals surface area contributed by atoms with Gasteiger partial charge >= 0.3 is 6.18 Å². The first-order valence-electron chi connectivity index (χ1n) is 9.18. The fourth-order valence-electron chi connectivity index (χ4n) is 3.39. The Labute approximate surface area is 162 Å². The minimum atomic E-state index is -4.42. The van der Waals surface area contributed by atoms with Gasteiger partial charge in [0, 0.05) is 38.9 Å². The minimum Gasteiger partial charge on any atom is -0.492 e. The highest BCUT2D eigenvalue weighted by atomic mass is 19.4. The molecule has 2 heterocycles. The van der Waals surface area contributed by atoms with Crippen LogP contribution in [0.4, 0.5) is 19.0 Å². The number of nitrogens with zero attached hydrogens (tertiary/aromatic N) is 3. The summed E-state index contributed by atoms with van der Waals surface area (Å²) >= 11 is 0. The SMILES string of the molecule is CN(c1ncccc1C(F)(F)F)C1CCN(CCOc2ccc(CO)cc2)C1. The zero-order valence-electron chi connectivity index (χ0n) is 15.7. The van der Waals surface area contributed by atoms with Crippen molar-refractivity contribution in [1.29, 1.82) is 0 Å². The van der Waals surface area contributed by atoms with Gasteiger partial charge in [0.2, 0.25) is 0 Å². The van der Waals surface area contributed by atoms with Crippen molar-refractivity contribution < 1.29 is 23.0 Å². The van der Waals surface area contributed by atoms with E-state index in [0.717, 1.165) is 30.3 Å². The van der Waals surface area contributed by atoms with Gasteiger partial charge in [0.25, 0.3) is 0 Å². The standard InChI is InChI=1S/C20H24F3N3O2/c1-25(19-18(20(21,22)23)3-2-9-24-19)16-8-10-26(13-16)11-12-28-17-6-4-15(14-27)5-7-17/h2-7,9,16,27H,8,10-14H2,1H3. The molecular weight excluding hydrogens is 371 g/mol. The Morgan fingerprint density at radius 3 is 2.68 bits per heavy atom. The molecule has 5 nitrogen and oxygen atoms in total. The molecule has 8 heteroatoms. The van der Waals surface area contributed by atoms with Crippen molar-refractivity contribution >= 4 is 5.82 Å². The molecule has 2 aromatic rings. The molecule has 0 radical (unpaired) electrons. The van der Waals surface area contributed by atoms with Crippen molar-refractivity contribution in [2.45, 2.75) is 25.2 Å². The number of hydrogen-bond donors (Lipinski definition) is 1. The molecular formula is C20H24F3N3O2. The quantitative estimate of drug-likeness (QED) is 0.780. The van der Waals surface area contributed by atoms with Crippen LogP contribution in [0, 0.1) is 0 Å². The number of aliphatic hydroxyl groups excluding tert-OH is 1. The summed E-state index contributed by atoms with van der Waals surface area (Å²) in [6.07, 6.45) is -2.26. The molecule has 28 heavy (non-hydrogen) atoms. The molecule has 3 rings (SSSR count). The monoisotopic (exact) mass is 395 g/mol. The largest absolute Gasteiger partial charge is 0.492 e. The Balaban J connectivity index is 1.52. The van der Waals surface area contributed by atoms with Gasteiger partial charge in [0.1, 0.15) is 18.2 Å². The van der Waals surface area contributed by atoms with Crippen LogP contribution in [-0.2, 0) is 12.8 Å². The molecule has 1 N–H and O–H groups in total. The molecule has 1 saturated heterocycles. The number of hydrogen-bond acceptors (Lipinski definition) is 5. The van der Waals surface area contributed by atoms with Gasteiger partial charge < -0.3 is 14.7 Å². The molecule has 1 aliphatic heterocycles. The average molecular weight is 395 g/mol. The van der Waals surface area contributed by atoms with E-state index in [1.54, 1.807) is 24.1 Å². The van der Waals surface area contributed by atoms with Crippen LogP contribution in [0.2, 0.25) is 0 Å². The Morgan fingerprint density at radius 1 is 1.25 bits per heavy atom. The Bertz CT molecular complexity index is 768. The summed E-state index contributed by atoms with van der Waals surface area (Å²) < 4.78 is 45.4. The van der Waals surface area contributed by atoms with E-state index >= 15 is 0 Å². The molecule has 1 aromatic carbocycles. The highest BCUT2D eigenvalue weighted by molar-refractivity contribution is 5.48. The fraction of sp³-hybridized carbons (Fsp3) is 0.450. The Kier molecular flexibility index (Phi) is 6.41. The first-order valence-corrected chi connectivity index (χ1v) is 9.18. The van der Waals surface area contributed by atoms with Crippen molar-refractivity contribution in [2.75, 3.05) is 38.2 Å². The van der Waals surface area contributed by atoms with Gasteiger partial charge in [0.15, 0.2) is 0 Å². The number of likely N-dealkylation sites (tertiary alicyclic amines) is 1. The smallest absolute Gasteiger partial charge is 0.419 e. The van der Waals surface area contributed by atoms with Gasteiger partial charge in [-0.25, -0.2) is 4.98 Å². The molecule has 0 amide bonds. The lowest BCUT2D eigenvalue weighted by Gasteiger charge is -2.28. The summed E-state index contributed by atoms with van der Waals surface area (Å²) in [6.45, 7) is 2.65. The van der Waals surface area contributed by atoms with Crippen molar-refractivity contribution in [2.24, 2.45) is 0 Å². The third-order valence-electron chi connectivity index (χ3n) is 5.00.